The van der Waals surface area contributed by atoms with Crippen LogP contribution in [-0.4, -0.2) is 34.4 Å². The standard InChI is InChI=1S/C8H7IN4O2S/c1-16(14,15)7-4-12-13(5-7)8-10-2-6(9)3-11-8/h2-5H,1H3. The molecule has 0 fully saturated rings. The van der Waals surface area contributed by atoms with E-state index in [1.807, 2.05) is 0 Å². The summed E-state index contributed by atoms with van der Waals surface area (Å²) in [4.78, 5) is 8.21. The van der Waals surface area contributed by atoms with Gasteiger partial charge in [-0.05, 0) is 22.6 Å². The highest BCUT2D eigenvalue weighted by molar-refractivity contribution is 14.1. The normalized spacial score (nSPS) is 11.6. The number of rotatable bonds is 2. The summed E-state index contributed by atoms with van der Waals surface area (Å²) in [6, 6.07) is 0. The van der Waals surface area contributed by atoms with Crippen LogP contribution in [0.25, 0.3) is 5.95 Å². The van der Waals surface area contributed by atoms with Gasteiger partial charge >= 0.3 is 0 Å². The summed E-state index contributed by atoms with van der Waals surface area (Å²) in [5.41, 5.74) is 0. The molecule has 0 bridgehead atoms. The van der Waals surface area contributed by atoms with Crippen LogP contribution in [0.3, 0.4) is 0 Å². The molecule has 0 radical (unpaired) electrons. The van der Waals surface area contributed by atoms with E-state index in [-0.39, 0.29) is 4.90 Å². The third kappa shape index (κ3) is 2.38. The minimum Gasteiger partial charge on any atom is -0.224 e. The topological polar surface area (TPSA) is 77.7 Å². The van der Waals surface area contributed by atoms with E-state index in [1.165, 1.54) is 17.1 Å². The van der Waals surface area contributed by atoms with Gasteiger partial charge in [-0.25, -0.2) is 23.1 Å². The number of aromatic nitrogens is 4. The number of sulfone groups is 1. The SMILES string of the molecule is CS(=O)(=O)c1cnn(-c2ncc(I)cn2)c1. The first-order valence-electron chi connectivity index (χ1n) is 4.19. The number of halogens is 1. The molecule has 0 N–H and O–H groups in total. The largest absolute Gasteiger partial charge is 0.250 e. The Bertz CT molecular complexity index is 605. The van der Waals surface area contributed by atoms with Crippen LogP contribution in [0.2, 0.25) is 0 Å². The molecular weight excluding hydrogens is 343 g/mol. The van der Waals surface area contributed by atoms with Crippen LogP contribution >= 0.6 is 22.6 Å². The zero-order valence-corrected chi connectivity index (χ0v) is 11.2. The zero-order valence-electron chi connectivity index (χ0n) is 8.20. The van der Waals surface area contributed by atoms with Gasteiger partial charge in [-0.15, -0.1) is 0 Å². The Balaban J connectivity index is 2.43. The summed E-state index contributed by atoms with van der Waals surface area (Å²) in [6.07, 6.45) is 7.05. The van der Waals surface area contributed by atoms with E-state index in [0.29, 0.717) is 5.95 Å². The molecule has 0 atom stereocenters. The van der Waals surface area contributed by atoms with Crippen molar-refractivity contribution in [2.45, 2.75) is 4.90 Å². The Kier molecular flexibility index (Phi) is 2.93. The Labute approximate surface area is 106 Å². The molecule has 2 heterocycles. The monoisotopic (exact) mass is 350 g/mol. The maximum absolute atomic E-state index is 11.2. The Morgan fingerprint density at radius 2 is 1.88 bits per heavy atom. The summed E-state index contributed by atoms with van der Waals surface area (Å²) in [5, 5.41) is 3.89. The van der Waals surface area contributed by atoms with Crippen molar-refractivity contribution in [3.63, 3.8) is 0 Å². The molecule has 8 heteroatoms. The van der Waals surface area contributed by atoms with Crippen molar-refractivity contribution in [3.05, 3.63) is 28.4 Å². The molecule has 16 heavy (non-hydrogen) atoms. The molecule has 0 spiro atoms. The average Bonchev–Trinajstić information content (AvgIpc) is 2.67. The fraction of sp³-hybridized carbons (Fsp3) is 0.125. The van der Waals surface area contributed by atoms with Gasteiger partial charge in [0.25, 0.3) is 5.95 Å². The van der Waals surface area contributed by atoms with E-state index in [4.69, 9.17) is 0 Å². The van der Waals surface area contributed by atoms with Crippen molar-refractivity contribution in [3.8, 4) is 5.95 Å². The van der Waals surface area contributed by atoms with E-state index in [0.717, 1.165) is 9.83 Å². The summed E-state index contributed by atoms with van der Waals surface area (Å²) in [7, 11) is -3.24. The fourth-order valence-corrected chi connectivity index (χ4v) is 1.84. The highest BCUT2D eigenvalue weighted by atomic mass is 127. The van der Waals surface area contributed by atoms with E-state index in [1.54, 1.807) is 12.4 Å². The summed E-state index contributed by atoms with van der Waals surface area (Å²) in [5.74, 6) is 0.343. The first-order valence-corrected chi connectivity index (χ1v) is 7.16. The van der Waals surface area contributed by atoms with Gasteiger partial charge in [-0.1, -0.05) is 0 Å². The van der Waals surface area contributed by atoms with E-state index in [9.17, 15) is 8.42 Å². The maximum Gasteiger partial charge on any atom is 0.250 e. The van der Waals surface area contributed by atoms with Gasteiger partial charge in [0.2, 0.25) is 0 Å². The van der Waals surface area contributed by atoms with Crippen LogP contribution < -0.4 is 0 Å². The van der Waals surface area contributed by atoms with Crippen molar-refractivity contribution in [1.82, 2.24) is 19.7 Å². The molecule has 0 amide bonds. The van der Waals surface area contributed by atoms with Crippen LogP contribution in [0.15, 0.2) is 29.7 Å². The number of hydrogen-bond acceptors (Lipinski definition) is 5. The van der Waals surface area contributed by atoms with E-state index in [2.05, 4.69) is 37.7 Å². The lowest BCUT2D eigenvalue weighted by Crippen LogP contribution is -2.01. The molecular formula is C8H7IN4O2S. The summed E-state index contributed by atoms with van der Waals surface area (Å²) < 4.78 is 24.7. The summed E-state index contributed by atoms with van der Waals surface area (Å²) in [6.45, 7) is 0. The van der Waals surface area contributed by atoms with E-state index < -0.39 is 9.84 Å². The van der Waals surface area contributed by atoms with Crippen molar-refractivity contribution >= 4 is 32.4 Å². The third-order valence-corrected chi connectivity index (χ3v) is 3.42. The fourth-order valence-electron chi connectivity index (χ4n) is 1.03. The van der Waals surface area contributed by atoms with Gasteiger partial charge in [0.1, 0.15) is 4.90 Å². The lowest BCUT2D eigenvalue weighted by molar-refractivity contribution is 0.602. The Morgan fingerprint density at radius 1 is 1.25 bits per heavy atom. The molecule has 2 aromatic rings. The quantitative estimate of drug-likeness (QED) is 0.744. The van der Waals surface area contributed by atoms with Gasteiger partial charge in [-0.3, -0.25) is 0 Å². The first-order chi connectivity index (χ1) is 7.47. The number of hydrogen-bond donors (Lipinski definition) is 0. The van der Waals surface area contributed by atoms with Gasteiger partial charge in [0.05, 0.1) is 12.4 Å². The number of nitrogens with zero attached hydrogens (tertiary/aromatic N) is 4. The van der Waals surface area contributed by atoms with Crippen molar-refractivity contribution < 1.29 is 8.42 Å². The van der Waals surface area contributed by atoms with Crippen LogP contribution in [0.1, 0.15) is 0 Å². The molecule has 0 aromatic carbocycles. The smallest absolute Gasteiger partial charge is 0.224 e. The molecule has 0 unspecified atom stereocenters. The summed E-state index contributed by atoms with van der Waals surface area (Å²) >= 11 is 2.08. The van der Waals surface area contributed by atoms with Gasteiger partial charge < -0.3 is 0 Å². The van der Waals surface area contributed by atoms with E-state index >= 15 is 0 Å². The van der Waals surface area contributed by atoms with Crippen LogP contribution in [-0.2, 0) is 9.84 Å². The lowest BCUT2D eigenvalue weighted by atomic mass is 10.7. The predicted octanol–water partition coefficient (Wildman–Crippen LogP) is 0.670. The molecule has 0 saturated heterocycles. The second kappa shape index (κ2) is 4.09. The second-order valence-electron chi connectivity index (χ2n) is 3.09. The van der Waals surface area contributed by atoms with Crippen molar-refractivity contribution in [2.24, 2.45) is 0 Å². The second-order valence-corrected chi connectivity index (χ2v) is 6.36. The molecule has 0 saturated carbocycles. The van der Waals surface area contributed by atoms with Gasteiger partial charge in [0, 0.05) is 22.2 Å². The molecule has 0 aliphatic heterocycles. The van der Waals surface area contributed by atoms with Crippen LogP contribution in [0, 0.1) is 3.57 Å². The maximum atomic E-state index is 11.2. The van der Waals surface area contributed by atoms with Crippen LogP contribution in [0.5, 0.6) is 0 Å². The van der Waals surface area contributed by atoms with Crippen LogP contribution in [0.4, 0.5) is 0 Å². The lowest BCUT2D eigenvalue weighted by Gasteiger charge is -1.97. The minimum absolute atomic E-state index is 0.148. The third-order valence-electron chi connectivity index (χ3n) is 1.80. The molecule has 84 valence electrons. The van der Waals surface area contributed by atoms with Crippen molar-refractivity contribution in [1.29, 1.82) is 0 Å². The molecule has 0 aliphatic carbocycles. The van der Waals surface area contributed by atoms with Gasteiger partial charge in [0.15, 0.2) is 9.84 Å². The highest BCUT2D eigenvalue weighted by Gasteiger charge is 2.11. The predicted molar refractivity (Wildman–Crippen MR) is 65.0 cm³/mol. The molecule has 6 nitrogen and oxygen atoms in total. The Hall–Kier alpha value is -1.03. The molecule has 2 rings (SSSR count). The van der Waals surface area contributed by atoms with Gasteiger partial charge in [-0.2, -0.15) is 5.10 Å². The minimum atomic E-state index is -3.24. The first kappa shape index (κ1) is 11.5. The average molecular weight is 350 g/mol. The molecule has 0 aliphatic rings. The van der Waals surface area contributed by atoms with Crippen molar-refractivity contribution in [2.75, 3.05) is 6.26 Å². The highest BCUT2D eigenvalue weighted by Crippen LogP contribution is 2.09. The molecule has 2 aromatic heterocycles. The zero-order chi connectivity index (χ0) is 11.8. The Morgan fingerprint density at radius 3 is 2.38 bits per heavy atom.